The van der Waals surface area contributed by atoms with Crippen LogP contribution in [0.2, 0.25) is 0 Å². The van der Waals surface area contributed by atoms with E-state index >= 15 is 0 Å². The lowest BCUT2D eigenvalue weighted by Crippen LogP contribution is -2.09. The van der Waals surface area contributed by atoms with E-state index in [9.17, 15) is 13.2 Å². The van der Waals surface area contributed by atoms with E-state index in [1.54, 1.807) is 12.2 Å². The Hall–Kier alpha value is 0.150. The molecule has 0 aliphatic carbocycles. The van der Waals surface area contributed by atoms with Gasteiger partial charge in [-0.25, -0.2) is 0 Å². The summed E-state index contributed by atoms with van der Waals surface area (Å²) in [6, 6.07) is 0. The first-order chi connectivity index (χ1) is 6.35. The zero-order valence-corrected chi connectivity index (χ0v) is 10.3. The average Bonchev–Trinajstić information content (AvgIpc) is 2.09. The monoisotopic (exact) mass is 337 g/mol. The molecule has 0 amide bonds. The fraction of sp³-hybridized carbons (Fsp3) is 0.500. The van der Waals surface area contributed by atoms with Crippen molar-refractivity contribution in [2.45, 2.75) is 22.9 Å². The molecule has 0 saturated heterocycles. The molecule has 1 nitrogen and oxygen atoms in total. The lowest BCUT2D eigenvalue weighted by molar-refractivity contribution is -0.134. The maximum absolute atomic E-state index is 11.8. The molecule has 1 atom stereocenters. The standard InChI is InChI=1S/C8H11F3INS/c9-8(10,11)4-3-6(12)1-2-7(13)5-14/h1-2,5-6,14H,3-4,13H2/b2-1-,7-5-. The van der Waals surface area contributed by atoms with Crippen molar-refractivity contribution in [3.8, 4) is 0 Å². The third kappa shape index (κ3) is 8.74. The molecule has 0 saturated carbocycles. The van der Waals surface area contributed by atoms with Crippen molar-refractivity contribution < 1.29 is 13.2 Å². The number of rotatable bonds is 4. The molecule has 0 heterocycles. The predicted molar refractivity (Wildman–Crippen MR) is 63.5 cm³/mol. The summed E-state index contributed by atoms with van der Waals surface area (Å²) >= 11 is 5.73. The normalized spacial score (nSPS) is 16.2. The highest BCUT2D eigenvalue weighted by Crippen LogP contribution is 2.24. The van der Waals surface area contributed by atoms with Crippen molar-refractivity contribution in [3.05, 3.63) is 23.3 Å². The van der Waals surface area contributed by atoms with Crippen LogP contribution in [0.3, 0.4) is 0 Å². The molecule has 6 heteroatoms. The van der Waals surface area contributed by atoms with Gasteiger partial charge in [0, 0.05) is 16.0 Å². The van der Waals surface area contributed by atoms with Gasteiger partial charge in [0.25, 0.3) is 0 Å². The van der Waals surface area contributed by atoms with Gasteiger partial charge < -0.3 is 5.73 Å². The first kappa shape index (κ1) is 14.2. The van der Waals surface area contributed by atoms with E-state index in [4.69, 9.17) is 5.73 Å². The van der Waals surface area contributed by atoms with Gasteiger partial charge in [0.15, 0.2) is 0 Å². The number of hydrogen-bond acceptors (Lipinski definition) is 2. The van der Waals surface area contributed by atoms with Gasteiger partial charge >= 0.3 is 6.18 Å². The first-order valence-corrected chi connectivity index (χ1v) is 5.60. The summed E-state index contributed by atoms with van der Waals surface area (Å²) in [5.41, 5.74) is 5.81. The molecule has 0 aromatic heterocycles. The second kappa shape index (κ2) is 6.60. The van der Waals surface area contributed by atoms with Gasteiger partial charge in [0.1, 0.15) is 0 Å². The topological polar surface area (TPSA) is 26.0 Å². The molecule has 0 rings (SSSR count). The molecule has 0 aliphatic heterocycles. The van der Waals surface area contributed by atoms with Crippen molar-refractivity contribution in [2.75, 3.05) is 0 Å². The number of alkyl halides is 4. The summed E-state index contributed by atoms with van der Waals surface area (Å²) in [6.45, 7) is 0. The van der Waals surface area contributed by atoms with Crippen LogP contribution in [0, 0.1) is 0 Å². The quantitative estimate of drug-likeness (QED) is 0.350. The van der Waals surface area contributed by atoms with Crippen LogP contribution in [0.4, 0.5) is 13.2 Å². The molecule has 0 bridgehead atoms. The number of nitrogens with two attached hydrogens (primary N) is 1. The molecule has 0 fully saturated rings. The second-order valence-electron chi connectivity index (χ2n) is 2.66. The molecule has 0 aromatic carbocycles. The van der Waals surface area contributed by atoms with Crippen LogP contribution in [-0.4, -0.2) is 10.1 Å². The number of hydrogen-bond donors (Lipinski definition) is 2. The summed E-state index contributed by atoms with van der Waals surface area (Å²) in [5, 5.41) is 1.39. The molecule has 0 spiro atoms. The van der Waals surface area contributed by atoms with E-state index < -0.39 is 12.6 Å². The van der Waals surface area contributed by atoms with Crippen molar-refractivity contribution in [2.24, 2.45) is 5.73 Å². The fourth-order valence-electron chi connectivity index (χ4n) is 0.656. The van der Waals surface area contributed by atoms with E-state index in [-0.39, 0.29) is 10.3 Å². The maximum atomic E-state index is 11.8. The summed E-state index contributed by atoms with van der Waals surface area (Å²) < 4.78 is 35.3. The highest BCUT2D eigenvalue weighted by atomic mass is 127. The smallest absolute Gasteiger partial charge is 0.389 e. The molecule has 1 unspecified atom stereocenters. The van der Waals surface area contributed by atoms with Gasteiger partial charge in [-0.1, -0.05) is 28.7 Å². The Morgan fingerprint density at radius 2 is 2.07 bits per heavy atom. The lowest BCUT2D eigenvalue weighted by Gasteiger charge is -2.07. The SMILES string of the molecule is NC(/C=C\C(I)CCC(F)(F)F)=C\S. The minimum atomic E-state index is -4.08. The van der Waals surface area contributed by atoms with Gasteiger partial charge in [-0.3, -0.25) is 0 Å². The second-order valence-corrected chi connectivity index (χ2v) is 4.52. The summed E-state index contributed by atoms with van der Waals surface area (Å²) in [5.74, 6) is 0. The van der Waals surface area contributed by atoms with Crippen molar-refractivity contribution in [1.29, 1.82) is 0 Å². The summed E-state index contributed by atoms with van der Waals surface area (Å²) in [7, 11) is 0. The largest absolute Gasteiger partial charge is 0.398 e. The summed E-state index contributed by atoms with van der Waals surface area (Å²) in [4.78, 5) is 0. The van der Waals surface area contributed by atoms with Crippen molar-refractivity contribution in [1.82, 2.24) is 0 Å². The highest BCUT2D eigenvalue weighted by Gasteiger charge is 2.27. The van der Waals surface area contributed by atoms with E-state index in [1.807, 2.05) is 22.6 Å². The molecule has 2 N–H and O–H groups in total. The summed E-state index contributed by atoms with van der Waals surface area (Å²) in [6.07, 6.45) is -1.59. The van der Waals surface area contributed by atoms with Gasteiger partial charge in [-0.2, -0.15) is 13.2 Å². The Morgan fingerprint density at radius 1 is 1.50 bits per heavy atom. The van der Waals surface area contributed by atoms with Crippen LogP contribution < -0.4 is 5.73 Å². The Bertz CT molecular complexity index is 225. The number of halogens is 4. The number of allylic oxidation sites excluding steroid dienone is 2. The molecule has 0 radical (unpaired) electrons. The van der Waals surface area contributed by atoms with Crippen molar-refractivity contribution in [3.63, 3.8) is 0 Å². The zero-order valence-electron chi connectivity index (χ0n) is 7.26. The average molecular weight is 337 g/mol. The molecular weight excluding hydrogens is 326 g/mol. The maximum Gasteiger partial charge on any atom is 0.389 e. The molecule has 14 heavy (non-hydrogen) atoms. The zero-order chi connectivity index (χ0) is 11.2. The Balaban J connectivity index is 3.88. The predicted octanol–water partition coefficient (Wildman–Crippen LogP) is 3.42. The van der Waals surface area contributed by atoms with Gasteiger partial charge in [0.2, 0.25) is 0 Å². The van der Waals surface area contributed by atoms with Crippen LogP contribution in [0.25, 0.3) is 0 Å². The van der Waals surface area contributed by atoms with Crippen molar-refractivity contribution >= 4 is 35.2 Å². The fourth-order valence-corrected chi connectivity index (χ4v) is 1.26. The Kier molecular flexibility index (Phi) is 6.67. The van der Waals surface area contributed by atoms with Gasteiger partial charge in [-0.15, -0.1) is 12.6 Å². The molecular formula is C8H11F3INS. The minimum absolute atomic E-state index is 0.0699. The number of thiol groups is 1. The van der Waals surface area contributed by atoms with E-state index in [1.165, 1.54) is 5.41 Å². The van der Waals surface area contributed by atoms with Crippen LogP contribution in [-0.2, 0) is 0 Å². The highest BCUT2D eigenvalue weighted by molar-refractivity contribution is 14.1. The minimum Gasteiger partial charge on any atom is -0.398 e. The Labute approximate surface area is 100 Å². The molecule has 0 aromatic rings. The van der Waals surface area contributed by atoms with E-state index in [2.05, 4.69) is 12.6 Å². The van der Waals surface area contributed by atoms with E-state index in [0.717, 1.165) is 0 Å². The lowest BCUT2D eigenvalue weighted by atomic mass is 10.2. The van der Waals surface area contributed by atoms with Crippen LogP contribution in [0.5, 0.6) is 0 Å². The Morgan fingerprint density at radius 3 is 2.50 bits per heavy atom. The third-order valence-electron chi connectivity index (χ3n) is 1.35. The van der Waals surface area contributed by atoms with Gasteiger partial charge in [-0.05, 0) is 17.9 Å². The van der Waals surface area contributed by atoms with Gasteiger partial charge in [0.05, 0.1) is 0 Å². The van der Waals surface area contributed by atoms with E-state index in [0.29, 0.717) is 5.70 Å². The molecule has 0 aliphatic rings. The first-order valence-electron chi connectivity index (χ1n) is 3.84. The van der Waals surface area contributed by atoms with Crippen LogP contribution in [0.1, 0.15) is 12.8 Å². The molecule has 82 valence electrons. The van der Waals surface area contributed by atoms with Crippen LogP contribution in [0.15, 0.2) is 23.3 Å². The third-order valence-corrected chi connectivity index (χ3v) is 2.69. The van der Waals surface area contributed by atoms with Crippen LogP contribution >= 0.6 is 35.2 Å².